The van der Waals surface area contributed by atoms with Crippen LogP contribution in [0.25, 0.3) is 0 Å². The molecule has 0 fully saturated rings. The number of nitro benzene ring substituents is 1. The van der Waals surface area contributed by atoms with E-state index >= 15 is 0 Å². The van der Waals surface area contributed by atoms with Crippen LogP contribution in [0, 0.1) is 10.1 Å². The van der Waals surface area contributed by atoms with Crippen LogP contribution < -0.4 is 5.32 Å². The number of non-ortho nitro benzene ring substituents is 1. The zero-order valence-corrected chi connectivity index (χ0v) is 11.4. The third kappa shape index (κ3) is 5.19. The van der Waals surface area contributed by atoms with Crippen LogP contribution in [0.2, 0.25) is 0 Å². The van der Waals surface area contributed by atoms with E-state index < -0.39 is 22.8 Å². The summed E-state index contributed by atoms with van der Waals surface area (Å²) in [6, 6.07) is 4.05. The van der Waals surface area contributed by atoms with Crippen molar-refractivity contribution >= 4 is 17.6 Å². The van der Waals surface area contributed by atoms with Crippen LogP contribution in [0.4, 0.5) is 5.69 Å². The van der Waals surface area contributed by atoms with Gasteiger partial charge in [-0.2, -0.15) is 0 Å². The van der Waals surface area contributed by atoms with E-state index in [1.165, 1.54) is 25.3 Å². The Morgan fingerprint density at radius 3 is 2.76 bits per heavy atom. The molecule has 1 amide bonds. The number of carboxylic acid groups (broad SMARTS) is 1. The van der Waals surface area contributed by atoms with Crippen LogP contribution in [-0.2, 0) is 9.53 Å². The maximum atomic E-state index is 11.9. The van der Waals surface area contributed by atoms with E-state index in [2.05, 4.69) is 5.32 Å². The molecule has 0 saturated heterocycles. The van der Waals surface area contributed by atoms with Crippen molar-refractivity contribution in [3.05, 3.63) is 39.9 Å². The normalized spacial score (nSPS) is 11.7. The second-order valence-electron chi connectivity index (χ2n) is 4.31. The zero-order chi connectivity index (χ0) is 15.8. The number of methoxy groups -OCH3 is 1. The summed E-state index contributed by atoms with van der Waals surface area (Å²) in [6.07, 6.45) is 0.687. The number of nitrogens with one attached hydrogen (secondary N) is 1. The fourth-order valence-electron chi connectivity index (χ4n) is 1.69. The number of carbonyl (C=O) groups is 2. The van der Waals surface area contributed by atoms with Gasteiger partial charge in [0.2, 0.25) is 0 Å². The van der Waals surface area contributed by atoms with Gasteiger partial charge in [-0.15, -0.1) is 0 Å². The molecule has 0 aliphatic rings. The smallest absolute Gasteiger partial charge is 0.326 e. The lowest BCUT2D eigenvalue weighted by molar-refractivity contribution is -0.384. The van der Waals surface area contributed by atoms with E-state index in [1.807, 2.05) is 0 Å². The molecule has 0 bridgehead atoms. The van der Waals surface area contributed by atoms with Crippen molar-refractivity contribution in [2.24, 2.45) is 0 Å². The van der Waals surface area contributed by atoms with Crippen molar-refractivity contribution < 1.29 is 24.4 Å². The number of amides is 1. The first-order valence-corrected chi connectivity index (χ1v) is 6.22. The van der Waals surface area contributed by atoms with Crippen molar-refractivity contribution in [2.75, 3.05) is 13.7 Å². The Bertz CT molecular complexity index is 531. The Morgan fingerprint density at radius 1 is 1.48 bits per heavy atom. The molecule has 0 heterocycles. The fourth-order valence-corrected chi connectivity index (χ4v) is 1.69. The van der Waals surface area contributed by atoms with Gasteiger partial charge in [-0.25, -0.2) is 4.79 Å². The number of ether oxygens (including phenoxy) is 1. The standard InChI is InChI=1S/C13H16N2O6/c1-21-7-3-6-11(13(17)18)14-12(16)9-4-2-5-10(8-9)15(19)20/h2,4-5,8,11H,3,6-7H2,1H3,(H,14,16)(H,17,18). The predicted octanol–water partition coefficient (Wildman–Crippen LogP) is 1.20. The lowest BCUT2D eigenvalue weighted by Crippen LogP contribution is -2.40. The number of nitro groups is 1. The van der Waals surface area contributed by atoms with Gasteiger partial charge in [-0.3, -0.25) is 14.9 Å². The van der Waals surface area contributed by atoms with E-state index in [-0.39, 0.29) is 17.7 Å². The maximum absolute atomic E-state index is 11.9. The minimum atomic E-state index is -1.16. The van der Waals surface area contributed by atoms with Crippen molar-refractivity contribution in [2.45, 2.75) is 18.9 Å². The van der Waals surface area contributed by atoms with Crippen molar-refractivity contribution in [1.82, 2.24) is 5.32 Å². The lowest BCUT2D eigenvalue weighted by Gasteiger charge is -2.14. The van der Waals surface area contributed by atoms with E-state index in [1.54, 1.807) is 0 Å². The second kappa shape index (κ2) is 7.95. The first-order valence-electron chi connectivity index (χ1n) is 6.22. The Kier molecular flexibility index (Phi) is 6.28. The number of hydrogen-bond donors (Lipinski definition) is 2. The third-order valence-corrected chi connectivity index (χ3v) is 2.76. The van der Waals surface area contributed by atoms with Crippen LogP contribution >= 0.6 is 0 Å². The summed E-state index contributed by atoms with van der Waals surface area (Å²) in [6.45, 7) is 0.385. The van der Waals surface area contributed by atoms with Crippen molar-refractivity contribution in [3.63, 3.8) is 0 Å². The molecular formula is C13H16N2O6. The summed E-state index contributed by atoms with van der Waals surface area (Å²) in [5.41, 5.74) is -0.184. The fraction of sp³-hybridized carbons (Fsp3) is 0.385. The van der Waals surface area contributed by atoms with Gasteiger partial charge in [0, 0.05) is 31.4 Å². The number of aliphatic carboxylic acids is 1. The average molecular weight is 296 g/mol. The van der Waals surface area contributed by atoms with Crippen LogP contribution in [0.1, 0.15) is 23.2 Å². The molecule has 8 heteroatoms. The van der Waals surface area contributed by atoms with Gasteiger partial charge in [0.05, 0.1) is 4.92 Å². The zero-order valence-electron chi connectivity index (χ0n) is 11.4. The summed E-state index contributed by atoms with van der Waals surface area (Å²) >= 11 is 0. The molecular weight excluding hydrogens is 280 g/mol. The topological polar surface area (TPSA) is 119 Å². The van der Waals surface area contributed by atoms with E-state index in [0.29, 0.717) is 13.0 Å². The number of nitrogens with zero attached hydrogens (tertiary/aromatic N) is 1. The second-order valence-corrected chi connectivity index (χ2v) is 4.31. The highest BCUT2D eigenvalue weighted by atomic mass is 16.6. The summed E-state index contributed by atoms with van der Waals surface area (Å²) in [5.74, 6) is -1.83. The minimum Gasteiger partial charge on any atom is -0.480 e. The number of hydrogen-bond acceptors (Lipinski definition) is 5. The monoisotopic (exact) mass is 296 g/mol. The molecule has 21 heavy (non-hydrogen) atoms. The Labute approximate surface area is 120 Å². The molecule has 1 rings (SSSR count). The predicted molar refractivity (Wildman–Crippen MR) is 73.1 cm³/mol. The third-order valence-electron chi connectivity index (χ3n) is 2.76. The summed E-state index contributed by atoms with van der Waals surface area (Å²) < 4.78 is 4.82. The molecule has 0 saturated carbocycles. The molecule has 0 aromatic heterocycles. The van der Waals surface area contributed by atoms with Crippen LogP contribution in [0.15, 0.2) is 24.3 Å². The molecule has 0 aliphatic heterocycles. The number of carbonyl (C=O) groups excluding carboxylic acids is 1. The Balaban J connectivity index is 2.75. The minimum absolute atomic E-state index is 0.0437. The van der Waals surface area contributed by atoms with Crippen LogP contribution in [-0.4, -0.2) is 41.7 Å². The van der Waals surface area contributed by atoms with Gasteiger partial charge < -0.3 is 15.2 Å². The molecule has 2 N–H and O–H groups in total. The average Bonchev–Trinajstić information content (AvgIpc) is 2.46. The van der Waals surface area contributed by atoms with Crippen molar-refractivity contribution in [3.8, 4) is 0 Å². The van der Waals surface area contributed by atoms with E-state index in [9.17, 15) is 19.7 Å². The molecule has 1 aromatic rings. The van der Waals surface area contributed by atoms with Gasteiger partial charge in [0.15, 0.2) is 0 Å². The van der Waals surface area contributed by atoms with Gasteiger partial charge in [0.25, 0.3) is 11.6 Å². The van der Waals surface area contributed by atoms with Crippen LogP contribution in [0.3, 0.4) is 0 Å². The molecule has 1 atom stereocenters. The largest absolute Gasteiger partial charge is 0.480 e. The number of carboxylic acids is 1. The first kappa shape index (κ1) is 16.6. The Morgan fingerprint density at radius 2 is 2.19 bits per heavy atom. The molecule has 0 radical (unpaired) electrons. The number of benzene rings is 1. The maximum Gasteiger partial charge on any atom is 0.326 e. The van der Waals surface area contributed by atoms with Gasteiger partial charge in [-0.05, 0) is 18.9 Å². The van der Waals surface area contributed by atoms with E-state index in [4.69, 9.17) is 9.84 Å². The first-order chi connectivity index (χ1) is 9.95. The van der Waals surface area contributed by atoms with Gasteiger partial charge in [0.1, 0.15) is 6.04 Å². The lowest BCUT2D eigenvalue weighted by atomic mass is 10.1. The summed E-state index contributed by atoms with van der Waals surface area (Å²) in [4.78, 5) is 33.0. The highest BCUT2D eigenvalue weighted by molar-refractivity contribution is 5.97. The highest BCUT2D eigenvalue weighted by Crippen LogP contribution is 2.13. The molecule has 8 nitrogen and oxygen atoms in total. The number of rotatable bonds is 8. The van der Waals surface area contributed by atoms with E-state index in [0.717, 1.165) is 6.07 Å². The molecule has 0 aliphatic carbocycles. The highest BCUT2D eigenvalue weighted by Gasteiger charge is 2.21. The molecule has 1 aromatic carbocycles. The summed E-state index contributed by atoms with van der Waals surface area (Å²) in [5, 5.41) is 22.0. The Hall–Kier alpha value is -2.48. The summed E-state index contributed by atoms with van der Waals surface area (Å²) in [7, 11) is 1.50. The van der Waals surface area contributed by atoms with Gasteiger partial charge in [-0.1, -0.05) is 6.07 Å². The van der Waals surface area contributed by atoms with Crippen molar-refractivity contribution in [1.29, 1.82) is 0 Å². The molecule has 114 valence electrons. The molecule has 1 unspecified atom stereocenters. The van der Waals surface area contributed by atoms with Gasteiger partial charge >= 0.3 is 5.97 Å². The SMILES string of the molecule is COCCCC(NC(=O)c1cccc([N+](=O)[O-])c1)C(=O)O. The molecule has 0 spiro atoms. The van der Waals surface area contributed by atoms with Crippen LogP contribution in [0.5, 0.6) is 0 Å². The quantitative estimate of drug-likeness (QED) is 0.422.